The third-order valence-electron chi connectivity index (χ3n) is 2.38. The Balaban J connectivity index is 0.00000108. The van der Waals surface area contributed by atoms with E-state index in [2.05, 4.69) is 15.3 Å². The summed E-state index contributed by atoms with van der Waals surface area (Å²) in [5.74, 6) is 0. The molecule has 6 heteroatoms. The standard InChI is InChI=1S/C11H8N4O.ClH/c16-11-10-9(6-7-12-11)15(14-13-10)8-4-2-1-3-5-8;/h1-7H,(H,12,16);1H. The van der Waals surface area contributed by atoms with E-state index < -0.39 is 0 Å². The van der Waals surface area contributed by atoms with Crippen molar-refractivity contribution in [2.24, 2.45) is 0 Å². The van der Waals surface area contributed by atoms with E-state index in [4.69, 9.17) is 0 Å². The first kappa shape index (κ1) is 11.3. The molecule has 0 spiro atoms. The fraction of sp³-hybridized carbons (Fsp3) is 0. The molecule has 2 heterocycles. The molecule has 3 rings (SSSR count). The van der Waals surface area contributed by atoms with Gasteiger partial charge < -0.3 is 4.98 Å². The summed E-state index contributed by atoms with van der Waals surface area (Å²) in [5.41, 5.74) is 1.72. The van der Waals surface area contributed by atoms with Crippen LogP contribution in [0.2, 0.25) is 0 Å². The van der Waals surface area contributed by atoms with Gasteiger partial charge in [0.15, 0.2) is 5.52 Å². The number of H-pyrrole nitrogens is 1. The normalized spacial score (nSPS) is 10.1. The fourth-order valence-corrected chi connectivity index (χ4v) is 1.63. The number of para-hydroxylation sites is 1. The largest absolute Gasteiger partial charge is 0.327 e. The Morgan fingerprint density at radius 2 is 1.88 bits per heavy atom. The van der Waals surface area contributed by atoms with E-state index in [0.717, 1.165) is 5.69 Å². The molecule has 0 aliphatic carbocycles. The molecule has 0 radical (unpaired) electrons. The van der Waals surface area contributed by atoms with Crippen LogP contribution in [0.3, 0.4) is 0 Å². The highest BCUT2D eigenvalue weighted by molar-refractivity contribution is 5.85. The highest BCUT2D eigenvalue weighted by Crippen LogP contribution is 2.11. The fourth-order valence-electron chi connectivity index (χ4n) is 1.63. The smallest absolute Gasteiger partial charge is 0.278 e. The number of aromatic nitrogens is 4. The van der Waals surface area contributed by atoms with E-state index in [1.807, 2.05) is 30.3 Å². The lowest BCUT2D eigenvalue weighted by atomic mass is 10.3. The van der Waals surface area contributed by atoms with E-state index >= 15 is 0 Å². The van der Waals surface area contributed by atoms with Crippen molar-refractivity contribution >= 4 is 23.4 Å². The average molecular weight is 249 g/mol. The van der Waals surface area contributed by atoms with E-state index in [0.29, 0.717) is 11.0 Å². The molecule has 0 atom stereocenters. The molecule has 0 unspecified atom stereocenters. The van der Waals surface area contributed by atoms with Crippen LogP contribution in [0.5, 0.6) is 0 Å². The molecule has 1 aromatic carbocycles. The Kier molecular flexibility index (Phi) is 2.93. The minimum absolute atomic E-state index is 0. The minimum atomic E-state index is -0.223. The lowest BCUT2D eigenvalue weighted by Gasteiger charge is -1.99. The van der Waals surface area contributed by atoms with Crippen LogP contribution in [0, 0.1) is 0 Å². The second-order valence-electron chi connectivity index (χ2n) is 3.38. The van der Waals surface area contributed by atoms with Crippen LogP contribution in [0.25, 0.3) is 16.7 Å². The summed E-state index contributed by atoms with van der Waals surface area (Å²) < 4.78 is 1.64. The summed E-state index contributed by atoms with van der Waals surface area (Å²) >= 11 is 0. The van der Waals surface area contributed by atoms with Gasteiger partial charge in [-0.25, -0.2) is 4.68 Å². The number of hydrogen-bond donors (Lipinski definition) is 1. The predicted octanol–water partition coefficient (Wildman–Crippen LogP) is 1.53. The van der Waals surface area contributed by atoms with Gasteiger partial charge in [-0.3, -0.25) is 4.79 Å². The molecule has 0 aliphatic rings. The molecule has 0 amide bonds. The van der Waals surface area contributed by atoms with Crippen molar-refractivity contribution in [3.63, 3.8) is 0 Å². The lowest BCUT2D eigenvalue weighted by molar-refractivity contribution is 0.824. The Morgan fingerprint density at radius 1 is 1.12 bits per heavy atom. The number of aromatic amines is 1. The molecule has 0 fully saturated rings. The van der Waals surface area contributed by atoms with Crippen LogP contribution in [0.4, 0.5) is 0 Å². The highest BCUT2D eigenvalue weighted by Gasteiger charge is 2.07. The van der Waals surface area contributed by atoms with Gasteiger partial charge in [0.25, 0.3) is 5.56 Å². The van der Waals surface area contributed by atoms with E-state index in [-0.39, 0.29) is 18.0 Å². The molecule has 0 saturated carbocycles. The van der Waals surface area contributed by atoms with Crippen molar-refractivity contribution in [2.75, 3.05) is 0 Å². The van der Waals surface area contributed by atoms with Crippen LogP contribution in [0.1, 0.15) is 0 Å². The molecular weight excluding hydrogens is 240 g/mol. The number of hydrogen-bond acceptors (Lipinski definition) is 3. The van der Waals surface area contributed by atoms with E-state index in [1.54, 1.807) is 16.9 Å². The second-order valence-corrected chi connectivity index (χ2v) is 3.38. The number of nitrogens with zero attached hydrogens (tertiary/aromatic N) is 3. The van der Waals surface area contributed by atoms with Crippen LogP contribution >= 0.6 is 12.4 Å². The SMILES string of the molecule is Cl.O=c1[nH]ccc2c1nnn2-c1ccccc1. The lowest BCUT2D eigenvalue weighted by Crippen LogP contribution is -2.04. The predicted molar refractivity (Wildman–Crippen MR) is 66.7 cm³/mol. The van der Waals surface area contributed by atoms with E-state index in [1.165, 1.54) is 0 Å². The zero-order valence-electron chi connectivity index (χ0n) is 8.70. The number of pyridine rings is 1. The quantitative estimate of drug-likeness (QED) is 0.710. The van der Waals surface area contributed by atoms with Gasteiger partial charge in [0, 0.05) is 6.20 Å². The number of benzene rings is 1. The summed E-state index contributed by atoms with van der Waals surface area (Å²) in [6.45, 7) is 0. The molecule has 5 nitrogen and oxygen atoms in total. The van der Waals surface area contributed by atoms with Crippen molar-refractivity contribution in [3.8, 4) is 5.69 Å². The summed E-state index contributed by atoms with van der Waals surface area (Å²) in [5, 5.41) is 7.84. The van der Waals surface area contributed by atoms with Crippen LogP contribution < -0.4 is 5.56 Å². The molecule has 0 bridgehead atoms. The van der Waals surface area contributed by atoms with Crippen molar-refractivity contribution in [3.05, 3.63) is 52.9 Å². The summed E-state index contributed by atoms with van der Waals surface area (Å²) in [4.78, 5) is 14.0. The van der Waals surface area contributed by atoms with Gasteiger partial charge in [0.05, 0.1) is 5.69 Å². The number of fused-ring (bicyclic) bond motifs is 1. The first-order chi connectivity index (χ1) is 7.86. The Labute approximate surface area is 102 Å². The van der Waals surface area contributed by atoms with Crippen LogP contribution in [0.15, 0.2) is 47.4 Å². The molecule has 17 heavy (non-hydrogen) atoms. The Hall–Kier alpha value is -2.14. The molecule has 1 N–H and O–H groups in total. The monoisotopic (exact) mass is 248 g/mol. The first-order valence-corrected chi connectivity index (χ1v) is 4.85. The maximum Gasteiger partial charge on any atom is 0.278 e. The third-order valence-corrected chi connectivity index (χ3v) is 2.38. The molecular formula is C11H9ClN4O. The van der Waals surface area contributed by atoms with Gasteiger partial charge in [-0.15, -0.1) is 17.5 Å². The topological polar surface area (TPSA) is 63.6 Å². The molecule has 86 valence electrons. The van der Waals surface area contributed by atoms with Gasteiger partial charge in [-0.2, -0.15) is 0 Å². The minimum Gasteiger partial charge on any atom is -0.327 e. The third kappa shape index (κ3) is 1.81. The molecule has 3 aromatic rings. The highest BCUT2D eigenvalue weighted by atomic mass is 35.5. The Bertz CT molecular complexity index is 689. The maximum absolute atomic E-state index is 11.5. The summed E-state index contributed by atoms with van der Waals surface area (Å²) in [6.07, 6.45) is 1.59. The zero-order valence-corrected chi connectivity index (χ0v) is 9.52. The van der Waals surface area contributed by atoms with Gasteiger partial charge in [0.2, 0.25) is 0 Å². The second kappa shape index (κ2) is 4.39. The van der Waals surface area contributed by atoms with Gasteiger partial charge in [-0.1, -0.05) is 23.4 Å². The number of nitrogens with one attached hydrogen (secondary N) is 1. The summed E-state index contributed by atoms with van der Waals surface area (Å²) in [7, 11) is 0. The van der Waals surface area contributed by atoms with Crippen LogP contribution in [-0.4, -0.2) is 20.0 Å². The van der Waals surface area contributed by atoms with E-state index in [9.17, 15) is 4.79 Å². The molecule has 0 saturated heterocycles. The average Bonchev–Trinajstić information content (AvgIpc) is 2.75. The molecule has 2 aromatic heterocycles. The van der Waals surface area contributed by atoms with Crippen molar-refractivity contribution in [1.82, 2.24) is 20.0 Å². The number of rotatable bonds is 1. The number of halogens is 1. The maximum atomic E-state index is 11.5. The summed E-state index contributed by atoms with van der Waals surface area (Å²) in [6, 6.07) is 11.4. The van der Waals surface area contributed by atoms with Gasteiger partial charge in [-0.05, 0) is 18.2 Å². The van der Waals surface area contributed by atoms with Crippen molar-refractivity contribution in [1.29, 1.82) is 0 Å². The van der Waals surface area contributed by atoms with Crippen molar-refractivity contribution < 1.29 is 0 Å². The first-order valence-electron chi connectivity index (χ1n) is 4.85. The zero-order chi connectivity index (χ0) is 11.0. The van der Waals surface area contributed by atoms with Gasteiger partial charge in [0.1, 0.15) is 5.52 Å². The van der Waals surface area contributed by atoms with Crippen molar-refractivity contribution in [2.45, 2.75) is 0 Å². The molecule has 0 aliphatic heterocycles. The van der Waals surface area contributed by atoms with Crippen LogP contribution in [-0.2, 0) is 0 Å². The van der Waals surface area contributed by atoms with Gasteiger partial charge >= 0.3 is 0 Å². The Morgan fingerprint density at radius 3 is 2.65 bits per heavy atom.